The molecule has 4 heteroatoms. The summed E-state index contributed by atoms with van der Waals surface area (Å²) in [5, 5.41) is 2.98. The quantitative estimate of drug-likeness (QED) is 0.717. The van der Waals surface area contributed by atoms with E-state index in [2.05, 4.69) is 17.4 Å². The van der Waals surface area contributed by atoms with Gasteiger partial charge in [-0.05, 0) is 52.2 Å². The highest BCUT2D eigenvalue weighted by molar-refractivity contribution is 5.88. The van der Waals surface area contributed by atoms with E-state index in [0.717, 1.165) is 27.8 Å². The van der Waals surface area contributed by atoms with Crippen LogP contribution in [0, 0.1) is 20.8 Å². The zero-order valence-electron chi connectivity index (χ0n) is 18.6. The molecule has 0 fully saturated rings. The second-order valence-electron chi connectivity index (χ2n) is 8.27. The zero-order valence-corrected chi connectivity index (χ0v) is 18.6. The van der Waals surface area contributed by atoms with Crippen LogP contribution < -0.4 is 5.32 Å². The summed E-state index contributed by atoms with van der Waals surface area (Å²) >= 11 is 0. The van der Waals surface area contributed by atoms with Crippen molar-refractivity contribution in [2.45, 2.75) is 73.0 Å². The molecular weight excluding hydrogens is 360 g/mol. The first-order valence-corrected chi connectivity index (χ1v) is 10.4. The number of carbonyl (C=O) groups excluding carboxylic acids is 2. The highest BCUT2D eigenvalue weighted by Gasteiger charge is 2.29. The normalized spacial score (nSPS) is 12.0. The Morgan fingerprint density at radius 2 is 1.55 bits per heavy atom. The minimum absolute atomic E-state index is 0.0257. The maximum absolute atomic E-state index is 13.4. The van der Waals surface area contributed by atoms with Gasteiger partial charge in [0.05, 0.1) is 6.42 Å². The minimum Gasteiger partial charge on any atom is -0.352 e. The lowest BCUT2D eigenvalue weighted by Crippen LogP contribution is -2.50. The summed E-state index contributed by atoms with van der Waals surface area (Å²) in [7, 11) is 0. The molecule has 2 amide bonds. The maximum atomic E-state index is 13.4. The summed E-state index contributed by atoms with van der Waals surface area (Å²) in [6.45, 7) is 12.4. The first kappa shape index (κ1) is 22.7. The summed E-state index contributed by atoms with van der Waals surface area (Å²) in [5.41, 5.74) is 5.45. The summed E-state index contributed by atoms with van der Waals surface area (Å²) in [5.74, 6) is -0.119. The number of benzene rings is 2. The monoisotopic (exact) mass is 394 g/mol. The molecule has 0 radical (unpaired) electrons. The average molecular weight is 395 g/mol. The first-order valence-electron chi connectivity index (χ1n) is 10.4. The van der Waals surface area contributed by atoms with Crippen molar-refractivity contribution in [1.82, 2.24) is 10.2 Å². The van der Waals surface area contributed by atoms with Crippen LogP contribution >= 0.6 is 0 Å². The molecule has 4 nitrogen and oxygen atoms in total. The van der Waals surface area contributed by atoms with E-state index in [1.807, 2.05) is 71.9 Å². The van der Waals surface area contributed by atoms with E-state index in [9.17, 15) is 9.59 Å². The van der Waals surface area contributed by atoms with Gasteiger partial charge in [-0.15, -0.1) is 0 Å². The molecule has 0 aliphatic heterocycles. The third kappa shape index (κ3) is 6.74. The highest BCUT2D eigenvalue weighted by atomic mass is 16.2. The number of amides is 2. The molecule has 0 spiro atoms. The molecule has 0 saturated carbocycles. The second-order valence-corrected chi connectivity index (χ2v) is 8.27. The molecule has 2 aromatic rings. The fourth-order valence-electron chi connectivity index (χ4n) is 3.75. The Hall–Kier alpha value is -2.62. The van der Waals surface area contributed by atoms with Crippen LogP contribution in [0.25, 0.3) is 0 Å². The van der Waals surface area contributed by atoms with Crippen molar-refractivity contribution in [2.75, 3.05) is 0 Å². The van der Waals surface area contributed by atoms with Gasteiger partial charge >= 0.3 is 0 Å². The maximum Gasteiger partial charge on any atom is 0.243 e. The van der Waals surface area contributed by atoms with Crippen LogP contribution in [-0.4, -0.2) is 28.8 Å². The predicted molar refractivity (Wildman–Crippen MR) is 119 cm³/mol. The number of nitrogens with one attached hydrogen (secondary N) is 1. The van der Waals surface area contributed by atoms with Crippen molar-refractivity contribution in [2.24, 2.45) is 0 Å². The minimum atomic E-state index is -0.490. The predicted octanol–water partition coefficient (Wildman–Crippen LogP) is 4.49. The van der Waals surface area contributed by atoms with Crippen molar-refractivity contribution in [1.29, 1.82) is 0 Å². The second kappa shape index (κ2) is 10.2. The lowest BCUT2D eigenvalue weighted by atomic mass is 10.0. The Labute approximate surface area is 175 Å². The Morgan fingerprint density at radius 1 is 0.931 bits per heavy atom. The van der Waals surface area contributed by atoms with Crippen LogP contribution in [0.15, 0.2) is 42.5 Å². The number of aryl methyl sites for hydroxylation is 3. The molecular formula is C25H34N2O2. The van der Waals surface area contributed by atoms with E-state index < -0.39 is 6.04 Å². The molecule has 0 bridgehead atoms. The fourth-order valence-corrected chi connectivity index (χ4v) is 3.75. The molecule has 0 saturated heterocycles. The smallest absolute Gasteiger partial charge is 0.243 e. The molecule has 1 atom stereocenters. The van der Waals surface area contributed by atoms with Crippen molar-refractivity contribution in [3.05, 3.63) is 70.3 Å². The third-order valence-corrected chi connectivity index (χ3v) is 4.89. The fraction of sp³-hybridized carbons (Fsp3) is 0.440. The van der Waals surface area contributed by atoms with Gasteiger partial charge in [-0.2, -0.15) is 0 Å². The summed E-state index contributed by atoms with van der Waals surface area (Å²) < 4.78 is 0. The Morgan fingerprint density at radius 3 is 2.10 bits per heavy atom. The van der Waals surface area contributed by atoms with E-state index in [4.69, 9.17) is 0 Å². The molecule has 2 aromatic carbocycles. The summed E-state index contributed by atoms with van der Waals surface area (Å²) in [6.07, 6.45) is 0.864. The number of hydrogen-bond donors (Lipinski definition) is 1. The number of rotatable bonds is 8. The van der Waals surface area contributed by atoms with Gasteiger partial charge in [0.1, 0.15) is 6.04 Å². The Bertz CT molecular complexity index is 837. The molecule has 2 rings (SSSR count). The molecule has 29 heavy (non-hydrogen) atoms. The summed E-state index contributed by atoms with van der Waals surface area (Å²) in [4.78, 5) is 27.9. The summed E-state index contributed by atoms with van der Waals surface area (Å²) in [6, 6.07) is 13.9. The lowest BCUT2D eigenvalue weighted by molar-refractivity contribution is -0.141. The number of carbonyl (C=O) groups is 2. The van der Waals surface area contributed by atoms with Gasteiger partial charge < -0.3 is 10.2 Å². The average Bonchev–Trinajstić information content (AvgIpc) is 2.60. The van der Waals surface area contributed by atoms with Crippen molar-refractivity contribution in [3.63, 3.8) is 0 Å². The standard InChI is InChI=1S/C25H34N2O2/c1-7-23(25(29)26-17(2)3)27(16-21-10-8-9-18(4)12-21)24(28)15-22-13-19(5)11-20(6)14-22/h8-14,17,23H,7,15-16H2,1-6H3,(H,26,29). The van der Waals surface area contributed by atoms with Crippen molar-refractivity contribution < 1.29 is 9.59 Å². The van der Waals surface area contributed by atoms with E-state index in [1.54, 1.807) is 4.90 Å². The Kier molecular flexibility index (Phi) is 8.00. The van der Waals surface area contributed by atoms with E-state index in [1.165, 1.54) is 0 Å². The molecule has 0 aromatic heterocycles. The molecule has 156 valence electrons. The highest BCUT2D eigenvalue weighted by Crippen LogP contribution is 2.17. The molecule has 0 aliphatic rings. The van der Waals surface area contributed by atoms with Gasteiger partial charge in [0.2, 0.25) is 11.8 Å². The van der Waals surface area contributed by atoms with Crippen LogP contribution in [0.4, 0.5) is 0 Å². The van der Waals surface area contributed by atoms with Gasteiger partial charge in [0, 0.05) is 12.6 Å². The lowest BCUT2D eigenvalue weighted by Gasteiger charge is -2.31. The van der Waals surface area contributed by atoms with E-state index >= 15 is 0 Å². The van der Waals surface area contributed by atoms with Crippen LogP contribution in [0.5, 0.6) is 0 Å². The largest absolute Gasteiger partial charge is 0.352 e. The van der Waals surface area contributed by atoms with Gasteiger partial charge in [0.15, 0.2) is 0 Å². The van der Waals surface area contributed by atoms with Gasteiger partial charge in [-0.25, -0.2) is 0 Å². The molecule has 1 N–H and O–H groups in total. The number of nitrogens with zero attached hydrogens (tertiary/aromatic N) is 1. The molecule has 0 heterocycles. The van der Waals surface area contributed by atoms with E-state index in [-0.39, 0.29) is 17.9 Å². The topological polar surface area (TPSA) is 49.4 Å². The first-order chi connectivity index (χ1) is 13.7. The van der Waals surface area contributed by atoms with Gasteiger partial charge in [-0.1, -0.05) is 66.1 Å². The van der Waals surface area contributed by atoms with Crippen LogP contribution in [0.2, 0.25) is 0 Å². The van der Waals surface area contributed by atoms with Crippen LogP contribution in [0.1, 0.15) is 55.0 Å². The molecule has 1 unspecified atom stereocenters. The van der Waals surface area contributed by atoms with Gasteiger partial charge in [0.25, 0.3) is 0 Å². The Balaban J connectivity index is 2.33. The SMILES string of the molecule is CCC(C(=O)NC(C)C)N(Cc1cccc(C)c1)C(=O)Cc1cc(C)cc(C)c1. The van der Waals surface area contributed by atoms with Crippen LogP contribution in [-0.2, 0) is 22.6 Å². The zero-order chi connectivity index (χ0) is 21.6. The third-order valence-electron chi connectivity index (χ3n) is 4.89. The van der Waals surface area contributed by atoms with Crippen molar-refractivity contribution >= 4 is 11.8 Å². The van der Waals surface area contributed by atoms with Gasteiger partial charge in [-0.3, -0.25) is 9.59 Å². The van der Waals surface area contributed by atoms with E-state index in [0.29, 0.717) is 19.4 Å². The molecule has 0 aliphatic carbocycles. The number of hydrogen-bond acceptors (Lipinski definition) is 2. The van der Waals surface area contributed by atoms with Crippen molar-refractivity contribution in [3.8, 4) is 0 Å². The van der Waals surface area contributed by atoms with Crippen LogP contribution in [0.3, 0.4) is 0 Å².